The van der Waals surface area contributed by atoms with Crippen LogP contribution in [0.1, 0.15) is 19.8 Å². The minimum Gasteiger partial charge on any atom is -0.324 e. The summed E-state index contributed by atoms with van der Waals surface area (Å²) in [5.41, 5.74) is 5.05. The average Bonchev–Trinajstić information content (AvgIpc) is 2.00. The van der Waals surface area contributed by atoms with E-state index >= 15 is 0 Å². The van der Waals surface area contributed by atoms with Gasteiger partial charge in [-0.3, -0.25) is 4.79 Å². The van der Waals surface area contributed by atoms with Crippen molar-refractivity contribution in [2.24, 2.45) is 5.73 Å². The first-order valence-electron chi connectivity index (χ1n) is 4.06. The van der Waals surface area contributed by atoms with Crippen molar-refractivity contribution in [2.45, 2.75) is 19.8 Å². The molecule has 0 radical (unpaired) electrons. The minimum absolute atomic E-state index is 0.102. The Morgan fingerprint density at radius 1 is 1.50 bits per heavy atom. The third-order valence-corrected chi connectivity index (χ3v) is 3.42. The van der Waals surface area contributed by atoms with Crippen molar-refractivity contribution in [2.75, 3.05) is 18.9 Å². The van der Waals surface area contributed by atoms with Crippen LogP contribution in [-0.2, 0) is 4.79 Å². The van der Waals surface area contributed by atoms with Crippen molar-refractivity contribution in [3.05, 3.63) is 0 Å². The first-order chi connectivity index (χ1) is 5.52. The summed E-state index contributed by atoms with van der Waals surface area (Å²) in [6, 6.07) is 0. The molecule has 0 atom stereocenters. The Morgan fingerprint density at radius 2 is 2.08 bits per heavy atom. The van der Waals surface area contributed by atoms with Crippen molar-refractivity contribution >= 4 is 13.5 Å². The van der Waals surface area contributed by atoms with Gasteiger partial charge in [0.15, 0.2) is 11.9 Å². The van der Waals surface area contributed by atoms with Crippen molar-refractivity contribution in [3.63, 3.8) is 0 Å². The van der Waals surface area contributed by atoms with E-state index in [0.29, 0.717) is 6.16 Å². The van der Waals surface area contributed by atoms with Crippen LogP contribution in [0.2, 0.25) is 0 Å². The number of Topliss-reactive ketones (excluding diaryl/α,β-unsaturated/α-hetero) is 1. The molecule has 0 amide bonds. The van der Waals surface area contributed by atoms with Crippen LogP contribution in [0, 0.1) is 0 Å². The van der Waals surface area contributed by atoms with E-state index in [9.17, 15) is 14.6 Å². The summed E-state index contributed by atoms with van der Waals surface area (Å²) < 4.78 is 0. The average molecular weight is 194 g/mol. The Bertz CT molecular complexity index is 150. The molecule has 0 saturated carbocycles. The Labute approximate surface area is 73.3 Å². The molecule has 0 aliphatic heterocycles. The normalized spacial score (nSPS) is 11.7. The van der Waals surface area contributed by atoms with Crippen LogP contribution in [-0.4, -0.2) is 34.4 Å². The van der Waals surface area contributed by atoms with Crippen LogP contribution in [0.25, 0.3) is 0 Å². The Kier molecular flexibility index (Phi) is 5.59. The first-order valence-corrected chi connectivity index (χ1v) is 6.12. The summed E-state index contributed by atoms with van der Waals surface area (Å²) >= 11 is 0. The highest BCUT2D eigenvalue weighted by molar-refractivity contribution is 7.65. The Hall–Kier alpha value is -0.0200. The number of hydrogen-bond acceptors (Lipinski definition) is 4. The van der Waals surface area contributed by atoms with E-state index < -0.39 is 7.72 Å². The number of unbranched alkanes of at least 4 members (excludes halogenated alkanes) is 1. The predicted octanol–water partition coefficient (Wildman–Crippen LogP) is 0.146. The van der Waals surface area contributed by atoms with Crippen molar-refractivity contribution in [3.8, 4) is 0 Å². The van der Waals surface area contributed by atoms with E-state index in [1.54, 1.807) is 0 Å². The minimum atomic E-state index is -2.96. The largest absolute Gasteiger partial charge is 0.324 e. The van der Waals surface area contributed by atoms with E-state index in [1.165, 1.54) is 0 Å². The van der Waals surface area contributed by atoms with Gasteiger partial charge in [0.1, 0.15) is 6.16 Å². The summed E-state index contributed by atoms with van der Waals surface area (Å²) in [7, 11) is -2.96. The van der Waals surface area contributed by atoms with E-state index in [4.69, 9.17) is 5.73 Å². The van der Waals surface area contributed by atoms with Gasteiger partial charge in [0.05, 0.1) is 6.54 Å². The number of hydrogen-bond donors (Lipinski definition) is 3. The van der Waals surface area contributed by atoms with Crippen molar-refractivity contribution < 1.29 is 14.6 Å². The predicted molar refractivity (Wildman–Crippen MR) is 50.1 cm³/mol. The van der Waals surface area contributed by atoms with Crippen LogP contribution in [0.3, 0.4) is 0 Å². The standard InChI is InChI=1S/C7H17NO3P/c1-2-3-4-12(10,11)6-7(9)5-8/h10-11H,2-6,8H2,1H3/q+1. The van der Waals surface area contributed by atoms with Crippen molar-refractivity contribution in [1.82, 2.24) is 0 Å². The van der Waals surface area contributed by atoms with Gasteiger partial charge in [0.25, 0.3) is 7.72 Å². The third-order valence-electron chi connectivity index (χ3n) is 1.53. The summed E-state index contributed by atoms with van der Waals surface area (Å²) in [4.78, 5) is 29.4. The fraction of sp³-hybridized carbons (Fsp3) is 0.857. The SMILES string of the molecule is CCCC[P+](O)(O)CC(=O)CN. The molecule has 0 aromatic rings. The van der Waals surface area contributed by atoms with E-state index in [2.05, 4.69) is 0 Å². The van der Waals surface area contributed by atoms with E-state index in [-0.39, 0.29) is 18.5 Å². The maximum Gasteiger partial charge on any atom is 0.275 e. The number of nitrogens with two attached hydrogens (primary N) is 1. The fourth-order valence-corrected chi connectivity index (χ4v) is 2.51. The highest BCUT2D eigenvalue weighted by atomic mass is 31.2. The molecule has 0 aromatic carbocycles. The van der Waals surface area contributed by atoms with Gasteiger partial charge >= 0.3 is 0 Å². The summed E-state index contributed by atoms with van der Waals surface area (Å²) in [6.07, 6.45) is 1.84. The molecule has 0 bridgehead atoms. The monoisotopic (exact) mass is 194 g/mol. The van der Waals surface area contributed by atoms with Gasteiger partial charge in [0, 0.05) is 0 Å². The molecule has 0 saturated heterocycles. The molecule has 0 heterocycles. The zero-order valence-corrected chi connectivity index (χ0v) is 8.26. The smallest absolute Gasteiger partial charge is 0.275 e. The fourth-order valence-electron chi connectivity index (χ4n) is 0.837. The quantitative estimate of drug-likeness (QED) is 0.525. The number of rotatable bonds is 6. The number of carbonyl (C=O) groups excluding carboxylic acids is 1. The van der Waals surface area contributed by atoms with Crippen molar-refractivity contribution in [1.29, 1.82) is 0 Å². The topological polar surface area (TPSA) is 83.5 Å². The van der Waals surface area contributed by atoms with Gasteiger partial charge in [-0.2, -0.15) is 0 Å². The molecule has 0 spiro atoms. The number of ketones is 1. The molecule has 4 nitrogen and oxygen atoms in total. The van der Waals surface area contributed by atoms with Crippen LogP contribution >= 0.6 is 7.72 Å². The third kappa shape index (κ3) is 5.61. The van der Waals surface area contributed by atoms with Gasteiger partial charge in [-0.15, -0.1) is 0 Å². The lowest BCUT2D eigenvalue weighted by atomic mass is 10.4. The van der Waals surface area contributed by atoms with Gasteiger partial charge < -0.3 is 5.73 Å². The maximum atomic E-state index is 10.8. The second-order valence-electron chi connectivity index (χ2n) is 2.86. The first kappa shape index (κ1) is 12.0. The highest BCUT2D eigenvalue weighted by Crippen LogP contribution is 2.50. The molecule has 4 N–H and O–H groups in total. The lowest BCUT2D eigenvalue weighted by molar-refractivity contribution is -0.115. The zero-order chi connectivity index (χ0) is 9.61. The zero-order valence-electron chi connectivity index (χ0n) is 7.36. The molecule has 5 heteroatoms. The van der Waals surface area contributed by atoms with E-state index in [0.717, 1.165) is 12.8 Å². The highest BCUT2D eigenvalue weighted by Gasteiger charge is 2.34. The molecular weight excluding hydrogens is 177 g/mol. The molecule has 72 valence electrons. The van der Waals surface area contributed by atoms with Gasteiger partial charge in [-0.05, 0) is 6.42 Å². The van der Waals surface area contributed by atoms with Crippen LogP contribution < -0.4 is 5.73 Å². The summed E-state index contributed by atoms with van der Waals surface area (Å²) in [5.74, 6) is -0.274. The molecule has 0 aromatic heterocycles. The van der Waals surface area contributed by atoms with Crippen LogP contribution in [0.5, 0.6) is 0 Å². The lowest BCUT2D eigenvalue weighted by Crippen LogP contribution is -2.20. The summed E-state index contributed by atoms with van der Waals surface area (Å²) in [6.45, 7) is 1.86. The van der Waals surface area contributed by atoms with Gasteiger partial charge in [-0.1, -0.05) is 13.3 Å². The van der Waals surface area contributed by atoms with Crippen LogP contribution in [0.15, 0.2) is 0 Å². The second kappa shape index (κ2) is 5.60. The maximum absolute atomic E-state index is 10.8. The number of carbonyl (C=O) groups is 1. The van der Waals surface area contributed by atoms with E-state index in [1.807, 2.05) is 6.92 Å². The Balaban J connectivity index is 3.77. The second-order valence-corrected chi connectivity index (χ2v) is 5.38. The summed E-state index contributed by atoms with van der Waals surface area (Å²) in [5, 5.41) is 0. The molecule has 12 heavy (non-hydrogen) atoms. The molecule has 0 fully saturated rings. The molecule has 0 aliphatic rings. The lowest BCUT2D eigenvalue weighted by Gasteiger charge is -2.10. The molecule has 0 rings (SSSR count). The Morgan fingerprint density at radius 3 is 2.50 bits per heavy atom. The molecular formula is C7H17NO3P+. The van der Waals surface area contributed by atoms with Gasteiger partial charge in [-0.25, -0.2) is 9.79 Å². The molecule has 0 aliphatic carbocycles. The van der Waals surface area contributed by atoms with Gasteiger partial charge in [0.2, 0.25) is 0 Å². The van der Waals surface area contributed by atoms with Crippen LogP contribution in [0.4, 0.5) is 0 Å². The molecule has 0 unspecified atom stereocenters.